The van der Waals surface area contributed by atoms with Gasteiger partial charge in [0.2, 0.25) is 5.28 Å². The molecule has 4 heterocycles. The summed E-state index contributed by atoms with van der Waals surface area (Å²) >= 11 is 17.9. The zero-order chi connectivity index (χ0) is 46.6. The van der Waals surface area contributed by atoms with Gasteiger partial charge in [0.15, 0.2) is 29.1 Å². The summed E-state index contributed by atoms with van der Waals surface area (Å²) in [4.78, 5) is 27.4. The van der Waals surface area contributed by atoms with E-state index in [4.69, 9.17) is 68.6 Å². The number of para-hydroxylation sites is 2. The van der Waals surface area contributed by atoms with Crippen LogP contribution in [0.15, 0.2) is 203 Å². The van der Waals surface area contributed by atoms with Crippen molar-refractivity contribution in [2.45, 2.75) is 0 Å². The third-order valence-corrected chi connectivity index (χ3v) is 11.5. The number of nitrogens with zero attached hydrogens (tertiary/aromatic N) is 6. The van der Waals surface area contributed by atoms with E-state index >= 15 is 0 Å². The molecule has 0 unspecified atom stereocenters. The highest BCUT2D eigenvalue weighted by molar-refractivity contribution is 6.59. The van der Waals surface area contributed by atoms with Gasteiger partial charge in [-0.05, 0) is 77.7 Å². The predicted molar refractivity (Wildman–Crippen MR) is 273 cm³/mol. The van der Waals surface area contributed by atoms with Crippen molar-refractivity contribution in [3.8, 4) is 56.9 Å². The summed E-state index contributed by atoms with van der Waals surface area (Å²) in [6.45, 7) is 0. The molecule has 2 N–H and O–H groups in total. The molecule has 0 aliphatic rings. The summed E-state index contributed by atoms with van der Waals surface area (Å²) in [5.74, 6) is 2.82. The molecule has 14 heteroatoms. The van der Waals surface area contributed by atoms with E-state index < -0.39 is 7.12 Å². The van der Waals surface area contributed by atoms with Gasteiger partial charge in [0.05, 0.1) is 0 Å². The molecule has 0 amide bonds. The van der Waals surface area contributed by atoms with Crippen LogP contribution in [-0.2, 0) is 0 Å². The van der Waals surface area contributed by atoms with Crippen LogP contribution in [0.1, 0.15) is 0 Å². The summed E-state index contributed by atoms with van der Waals surface area (Å²) in [6.07, 6.45) is 0. The highest BCUT2D eigenvalue weighted by Crippen LogP contribution is 2.34. The van der Waals surface area contributed by atoms with Gasteiger partial charge in [0.25, 0.3) is 0 Å². The minimum Gasteiger partial charge on any atom is -0.456 e. The number of aromatic nitrogens is 6. The van der Waals surface area contributed by atoms with E-state index in [2.05, 4.69) is 27.1 Å². The number of hydrogen-bond donors (Lipinski definition) is 2. The second-order valence-corrected chi connectivity index (χ2v) is 16.6. The first kappa shape index (κ1) is 44.1. The minimum atomic E-state index is -1.43. The van der Waals surface area contributed by atoms with Gasteiger partial charge in [0.1, 0.15) is 22.3 Å². The van der Waals surface area contributed by atoms with Crippen molar-refractivity contribution in [3.05, 3.63) is 209 Å². The Hall–Kier alpha value is -7.77. The Morgan fingerprint density at radius 3 is 1.18 bits per heavy atom. The molecule has 0 aliphatic heterocycles. The Morgan fingerprint density at radius 2 is 0.706 bits per heavy atom. The number of fused-ring (bicyclic) bond motifs is 6. The number of furan rings is 2. The molecule has 0 saturated heterocycles. The molecule has 0 fully saturated rings. The Kier molecular flexibility index (Phi) is 12.7. The zero-order valence-electron chi connectivity index (χ0n) is 35.6. The van der Waals surface area contributed by atoms with Gasteiger partial charge in [0, 0.05) is 59.4 Å². The average molecular weight is 948 g/mol. The lowest BCUT2D eigenvalue weighted by atomic mass is 9.81. The lowest BCUT2D eigenvalue weighted by Crippen LogP contribution is -2.29. The van der Waals surface area contributed by atoms with E-state index in [0.29, 0.717) is 44.6 Å². The van der Waals surface area contributed by atoms with Crippen molar-refractivity contribution in [1.82, 2.24) is 29.9 Å². The molecule has 0 atom stereocenters. The van der Waals surface area contributed by atoms with E-state index in [1.54, 1.807) is 18.2 Å². The standard InChI is InChI=1S/C27H16ClN3O.C21H12ClN3O.C6H6BClO2/c28-20-10-6-9-18(15-20)26-29-25(17-7-2-1-3-8-17)30-27(31-26)19-13-14-22-21-11-4-5-12-23(21)32-24(22)16-19;22-21-24-19(13-6-2-1-3-7-13)23-20(25-21)14-10-11-16-15-8-4-5-9-17(15)26-18(16)12-14;8-6-3-1-2-5(4-6)7(9)10/h1-16H;1-12H;1-4,9-10H. The average Bonchev–Trinajstić information content (AvgIpc) is 3.95. The quantitative estimate of drug-likeness (QED) is 0.155. The lowest BCUT2D eigenvalue weighted by molar-refractivity contribution is 0.426. The monoisotopic (exact) mass is 946 g/mol. The van der Waals surface area contributed by atoms with Gasteiger partial charge < -0.3 is 18.9 Å². The van der Waals surface area contributed by atoms with Crippen molar-refractivity contribution in [2.24, 2.45) is 0 Å². The number of hydrogen-bond acceptors (Lipinski definition) is 10. The minimum absolute atomic E-state index is 0.165. The fraction of sp³-hybridized carbons (Fsp3) is 0. The van der Waals surface area contributed by atoms with Gasteiger partial charge in [-0.15, -0.1) is 0 Å². The Bertz CT molecular complexity index is 3740. The van der Waals surface area contributed by atoms with Gasteiger partial charge in [-0.1, -0.05) is 157 Å². The van der Waals surface area contributed by atoms with Crippen molar-refractivity contribution in [3.63, 3.8) is 0 Å². The van der Waals surface area contributed by atoms with Crippen LogP contribution in [0.5, 0.6) is 0 Å². The smallest absolute Gasteiger partial charge is 0.456 e. The van der Waals surface area contributed by atoms with E-state index in [9.17, 15) is 0 Å². The fourth-order valence-electron chi connectivity index (χ4n) is 7.57. The third kappa shape index (κ3) is 9.70. The Balaban J connectivity index is 0.000000134. The number of benzene rings is 8. The summed E-state index contributed by atoms with van der Waals surface area (Å²) in [6, 6.07) is 61.6. The van der Waals surface area contributed by atoms with E-state index in [-0.39, 0.29) is 5.28 Å². The van der Waals surface area contributed by atoms with Crippen LogP contribution in [0.4, 0.5) is 0 Å². The van der Waals surface area contributed by atoms with Crippen molar-refractivity contribution < 1.29 is 18.9 Å². The van der Waals surface area contributed by atoms with Gasteiger partial charge in [-0.3, -0.25) is 0 Å². The molecule has 328 valence electrons. The maximum atomic E-state index is 8.65. The molecular formula is C54H34BCl3N6O4. The largest absolute Gasteiger partial charge is 0.488 e. The molecule has 68 heavy (non-hydrogen) atoms. The molecule has 8 aromatic carbocycles. The van der Waals surface area contributed by atoms with Crippen LogP contribution < -0.4 is 5.46 Å². The second kappa shape index (κ2) is 19.6. The first-order chi connectivity index (χ1) is 33.2. The van der Waals surface area contributed by atoms with Crippen LogP contribution in [-0.4, -0.2) is 47.1 Å². The zero-order valence-corrected chi connectivity index (χ0v) is 37.8. The van der Waals surface area contributed by atoms with Crippen LogP contribution in [0.3, 0.4) is 0 Å². The van der Waals surface area contributed by atoms with Crippen LogP contribution in [0.25, 0.3) is 101 Å². The van der Waals surface area contributed by atoms with Crippen LogP contribution >= 0.6 is 34.8 Å². The number of rotatable bonds is 6. The third-order valence-electron chi connectivity index (χ3n) is 10.8. The van der Waals surface area contributed by atoms with Crippen LogP contribution in [0.2, 0.25) is 15.3 Å². The van der Waals surface area contributed by atoms with Gasteiger partial charge in [-0.25, -0.2) is 19.9 Å². The van der Waals surface area contributed by atoms with E-state index in [1.165, 1.54) is 6.07 Å². The van der Waals surface area contributed by atoms with Crippen molar-refractivity contribution in [1.29, 1.82) is 0 Å². The molecule has 0 spiro atoms. The lowest BCUT2D eigenvalue weighted by Gasteiger charge is -2.08. The molecule has 0 bridgehead atoms. The highest BCUT2D eigenvalue weighted by Gasteiger charge is 2.16. The molecule has 0 saturated carbocycles. The molecule has 0 aliphatic carbocycles. The summed E-state index contributed by atoms with van der Waals surface area (Å²) in [7, 11) is -1.43. The highest BCUT2D eigenvalue weighted by atomic mass is 35.5. The fourth-order valence-corrected chi connectivity index (χ4v) is 8.12. The topological polar surface area (TPSA) is 144 Å². The van der Waals surface area contributed by atoms with Crippen molar-refractivity contribution in [2.75, 3.05) is 0 Å². The molecule has 12 rings (SSSR count). The second-order valence-electron chi connectivity index (χ2n) is 15.3. The van der Waals surface area contributed by atoms with Gasteiger partial charge in [-0.2, -0.15) is 9.97 Å². The molecule has 12 aromatic rings. The van der Waals surface area contributed by atoms with E-state index in [0.717, 1.165) is 71.7 Å². The first-order valence-electron chi connectivity index (χ1n) is 21.2. The van der Waals surface area contributed by atoms with Gasteiger partial charge >= 0.3 is 7.12 Å². The van der Waals surface area contributed by atoms with E-state index in [1.807, 2.05) is 158 Å². The number of halogens is 3. The summed E-state index contributed by atoms with van der Waals surface area (Å²) < 4.78 is 12.0. The molecule has 0 radical (unpaired) electrons. The predicted octanol–water partition coefficient (Wildman–Crippen LogP) is 13.2. The van der Waals surface area contributed by atoms with Crippen LogP contribution in [0, 0.1) is 0 Å². The molecule has 4 aromatic heterocycles. The Morgan fingerprint density at radius 1 is 0.324 bits per heavy atom. The first-order valence-corrected chi connectivity index (χ1v) is 22.4. The van der Waals surface area contributed by atoms with Crippen molar-refractivity contribution >= 4 is 91.3 Å². The SMILES string of the molecule is Clc1cccc(-c2nc(-c3ccccc3)nc(-c3ccc4c(c3)oc3ccccc34)n2)c1.Clc1nc(-c2ccccc2)nc(-c2ccc3c(c2)oc2ccccc23)n1.OB(O)c1cccc(Cl)c1. The Labute approximate surface area is 404 Å². The summed E-state index contributed by atoms with van der Waals surface area (Å²) in [5.41, 5.74) is 8.06. The molecule has 10 nitrogen and oxygen atoms in total. The molecular weight excluding hydrogens is 914 g/mol. The maximum absolute atomic E-state index is 8.65. The summed E-state index contributed by atoms with van der Waals surface area (Å²) in [5, 5.41) is 22.9. The maximum Gasteiger partial charge on any atom is 0.488 e. The normalized spacial score (nSPS) is 11.0.